The van der Waals surface area contributed by atoms with Crippen LogP contribution >= 0.6 is 0 Å². The fourth-order valence-electron chi connectivity index (χ4n) is 1.44. The molecule has 0 amide bonds. The van der Waals surface area contributed by atoms with Crippen LogP contribution in [0.1, 0.15) is 44.6 Å². The van der Waals surface area contributed by atoms with Gasteiger partial charge in [-0.25, -0.2) is 9.97 Å². The zero-order valence-corrected chi connectivity index (χ0v) is 10.7. The molecule has 1 rings (SSSR count). The second-order valence-corrected chi connectivity index (χ2v) is 4.17. The van der Waals surface area contributed by atoms with Crippen molar-refractivity contribution in [3.05, 3.63) is 17.7 Å². The van der Waals surface area contributed by atoms with Gasteiger partial charge in [-0.15, -0.1) is 0 Å². The summed E-state index contributed by atoms with van der Waals surface area (Å²) in [5.74, 6) is 1.28. The fourth-order valence-corrected chi connectivity index (χ4v) is 1.44. The summed E-state index contributed by atoms with van der Waals surface area (Å²) in [6.07, 6.45) is 3.00. The topological polar surface area (TPSA) is 49.8 Å². The Kier molecular flexibility index (Phi) is 5.19. The molecule has 0 radical (unpaired) electrons. The van der Waals surface area contributed by atoms with E-state index in [4.69, 9.17) is 0 Å². The minimum atomic E-state index is 0.371. The lowest BCUT2D eigenvalue weighted by Crippen LogP contribution is -2.17. The Balaban J connectivity index is 2.80. The number of aromatic nitrogens is 2. The minimum absolute atomic E-state index is 0.371. The van der Waals surface area contributed by atoms with Crippen LogP contribution in [-0.2, 0) is 6.54 Å². The van der Waals surface area contributed by atoms with Gasteiger partial charge in [0.05, 0.1) is 17.6 Å². The van der Waals surface area contributed by atoms with Gasteiger partial charge in [0.15, 0.2) is 0 Å². The van der Waals surface area contributed by atoms with Crippen LogP contribution < -0.4 is 10.6 Å². The molecule has 0 unspecified atom stereocenters. The summed E-state index contributed by atoms with van der Waals surface area (Å²) >= 11 is 0. The molecule has 0 fully saturated rings. The molecule has 0 saturated heterocycles. The maximum atomic E-state index is 4.58. The predicted molar refractivity (Wildman–Crippen MR) is 67.7 cm³/mol. The highest BCUT2D eigenvalue weighted by atomic mass is 15.0. The molecule has 1 heterocycles. The van der Waals surface area contributed by atoms with Crippen LogP contribution in [0.5, 0.6) is 0 Å². The molecule has 0 aliphatic heterocycles. The van der Waals surface area contributed by atoms with Crippen molar-refractivity contribution in [3.8, 4) is 0 Å². The van der Waals surface area contributed by atoms with E-state index in [9.17, 15) is 0 Å². The van der Waals surface area contributed by atoms with Crippen molar-refractivity contribution in [1.82, 2.24) is 15.3 Å². The van der Waals surface area contributed by atoms with E-state index >= 15 is 0 Å². The van der Waals surface area contributed by atoms with Crippen LogP contribution in [0.4, 0.5) is 5.69 Å². The first-order chi connectivity index (χ1) is 7.69. The zero-order valence-electron chi connectivity index (χ0n) is 10.7. The summed E-state index contributed by atoms with van der Waals surface area (Å²) in [6, 6.07) is 0. The third-order valence-corrected chi connectivity index (χ3v) is 2.39. The molecule has 0 aliphatic rings. The quantitative estimate of drug-likeness (QED) is 0.724. The smallest absolute Gasteiger partial charge is 0.131 e. The Morgan fingerprint density at radius 1 is 1.38 bits per heavy atom. The van der Waals surface area contributed by atoms with Crippen LogP contribution in [0.25, 0.3) is 0 Å². The van der Waals surface area contributed by atoms with Gasteiger partial charge in [0.1, 0.15) is 5.82 Å². The van der Waals surface area contributed by atoms with Crippen molar-refractivity contribution in [3.63, 3.8) is 0 Å². The predicted octanol–water partition coefficient (Wildman–Crippen LogP) is 2.14. The molecule has 0 saturated carbocycles. The normalized spacial score (nSPS) is 10.8. The Morgan fingerprint density at radius 2 is 2.12 bits per heavy atom. The van der Waals surface area contributed by atoms with E-state index in [0.717, 1.165) is 36.7 Å². The summed E-state index contributed by atoms with van der Waals surface area (Å²) in [4.78, 5) is 8.92. The van der Waals surface area contributed by atoms with Gasteiger partial charge in [0, 0.05) is 19.5 Å². The van der Waals surface area contributed by atoms with Gasteiger partial charge >= 0.3 is 0 Å². The van der Waals surface area contributed by atoms with E-state index in [2.05, 4.69) is 41.4 Å². The molecule has 4 heteroatoms. The molecule has 0 bridgehead atoms. The molecule has 0 aromatic carbocycles. The Morgan fingerprint density at radius 3 is 2.69 bits per heavy atom. The standard InChI is InChI=1S/C12H22N4/c1-5-6-14-7-11-10(13-4)8-15-12(16-11)9(2)3/h8-9,13-14H,5-7H2,1-4H3. The van der Waals surface area contributed by atoms with Crippen molar-refractivity contribution < 1.29 is 0 Å². The van der Waals surface area contributed by atoms with Gasteiger partial charge in [0.25, 0.3) is 0 Å². The highest BCUT2D eigenvalue weighted by molar-refractivity contribution is 5.45. The Bertz CT molecular complexity index is 323. The van der Waals surface area contributed by atoms with Gasteiger partial charge < -0.3 is 10.6 Å². The van der Waals surface area contributed by atoms with Crippen LogP contribution in [0.15, 0.2) is 6.20 Å². The van der Waals surface area contributed by atoms with Crippen molar-refractivity contribution in [2.24, 2.45) is 0 Å². The van der Waals surface area contributed by atoms with E-state index in [1.54, 1.807) is 0 Å². The van der Waals surface area contributed by atoms with Crippen molar-refractivity contribution >= 4 is 5.69 Å². The van der Waals surface area contributed by atoms with Gasteiger partial charge in [0.2, 0.25) is 0 Å². The van der Waals surface area contributed by atoms with Crippen LogP contribution in [0.2, 0.25) is 0 Å². The van der Waals surface area contributed by atoms with Crippen molar-refractivity contribution in [1.29, 1.82) is 0 Å². The third kappa shape index (κ3) is 3.45. The van der Waals surface area contributed by atoms with Gasteiger partial charge in [-0.2, -0.15) is 0 Å². The largest absolute Gasteiger partial charge is 0.385 e. The average Bonchev–Trinajstić information content (AvgIpc) is 2.29. The molecule has 2 N–H and O–H groups in total. The molecule has 1 aromatic rings. The van der Waals surface area contributed by atoms with E-state index in [1.165, 1.54) is 0 Å². The molecular formula is C12H22N4. The first-order valence-electron chi connectivity index (χ1n) is 5.93. The van der Waals surface area contributed by atoms with E-state index < -0.39 is 0 Å². The lowest BCUT2D eigenvalue weighted by molar-refractivity contribution is 0.654. The maximum absolute atomic E-state index is 4.58. The lowest BCUT2D eigenvalue weighted by atomic mass is 10.2. The second kappa shape index (κ2) is 6.43. The monoisotopic (exact) mass is 222 g/mol. The third-order valence-electron chi connectivity index (χ3n) is 2.39. The number of hydrogen-bond donors (Lipinski definition) is 2. The summed E-state index contributed by atoms with van der Waals surface area (Å²) in [7, 11) is 1.90. The summed E-state index contributed by atoms with van der Waals surface area (Å²) < 4.78 is 0. The highest BCUT2D eigenvalue weighted by Crippen LogP contribution is 2.15. The molecule has 90 valence electrons. The number of hydrogen-bond acceptors (Lipinski definition) is 4. The zero-order chi connectivity index (χ0) is 12.0. The Labute approximate surface area is 97.9 Å². The second-order valence-electron chi connectivity index (χ2n) is 4.17. The number of nitrogens with zero attached hydrogens (tertiary/aromatic N) is 2. The summed E-state index contributed by atoms with van der Waals surface area (Å²) in [6.45, 7) is 8.19. The van der Waals surface area contributed by atoms with Gasteiger partial charge in [-0.1, -0.05) is 20.8 Å². The lowest BCUT2D eigenvalue weighted by Gasteiger charge is -2.11. The number of anilines is 1. The van der Waals surface area contributed by atoms with Gasteiger partial charge in [-0.3, -0.25) is 0 Å². The molecule has 16 heavy (non-hydrogen) atoms. The number of rotatable bonds is 6. The van der Waals surface area contributed by atoms with Crippen molar-refractivity contribution in [2.45, 2.75) is 39.7 Å². The average molecular weight is 222 g/mol. The highest BCUT2D eigenvalue weighted by Gasteiger charge is 2.08. The first-order valence-corrected chi connectivity index (χ1v) is 5.93. The van der Waals surface area contributed by atoms with Gasteiger partial charge in [-0.05, 0) is 13.0 Å². The minimum Gasteiger partial charge on any atom is -0.385 e. The molecule has 0 atom stereocenters. The van der Waals surface area contributed by atoms with Crippen molar-refractivity contribution in [2.75, 3.05) is 18.9 Å². The Hall–Kier alpha value is -1.16. The van der Waals surface area contributed by atoms with Crippen LogP contribution in [-0.4, -0.2) is 23.6 Å². The number of nitrogens with one attached hydrogen (secondary N) is 2. The first kappa shape index (κ1) is 12.9. The summed E-state index contributed by atoms with van der Waals surface area (Å²) in [5, 5.41) is 6.49. The molecule has 0 aliphatic carbocycles. The fraction of sp³-hybridized carbons (Fsp3) is 0.667. The molecular weight excluding hydrogens is 200 g/mol. The summed E-state index contributed by atoms with van der Waals surface area (Å²) in [5.41, 5.74) is 2.06. The maximum Gasteiger partial charge on any atom is 0.131 e. The van der Waals surface area contributed by atoms with E-state index in [-0.39, 0.29) is 0 Å². The molecule has 0 spiro atoms. The van der Waals surface area contributed by atoms with E-state index in [1.807, 2.05) is 13.2 Å². The van der Waals surface area contributed by atoms with Crippen LogP contribution in [0.3, 0.4) is 0 Å². The van der Waals surface area contributed by atoms with E-state index in [0.29, 0.717) is 5.92 Å². The molecule has 1 aromatic heterocycles. The SMILES string of the molecule is CCCNCc1nc(C(C)C)ncc1NC. The molecule has 4 nitrogen and oxygen atoms in total. The van der Waals surface area contributed by atoms with Crippen LogP contribution in [0, 0.1) is 0 Å².